The number of carboxylic acid groups (broad SMARTS) is 1. The molecule has 1 aliphatic heterocycles. The van der Waals surface area contributed by atoms with Crippen molar-refractivity contribution in [2.45, 2.75) is 26.3 Å². The molecule has 8 heteroatoms. The predicted molar refractivity (Wildman–Crippen MR) is 75.9 cm³/mol. The van der Waals surface area contributed by atoms with Gasteiger partial charge in [0.15, 0.2) is 0 Å². The minimum absolute atomic E-state index is 0.0108. The third-order valence-electron chi connectivity index (χ3n) is 3.64. The summed E-state index contributed by atoms with van der Waals surface area (Å²) in [5.74, 6) is -0.443. The zero-order valence-corrected chi connectivity index (χ0v) is 12.6. The molecule has 108 valence electrons. The lowest BCUT2D eigenvalue weighted by Gasteiger charge is -2.25. The number of nitrogens with zero attached hydrogens (tertiary/aromatic N) is 3. The maximum Gasteiger partial charge on any atom is 0.326 e. The maximum absolute atomic E-state index is 11.4. The van der Waals surface area contributed by atoms with Gasteiger partial charge in [-0.3, -0.25) is 10.1 Å². The molecule has 1 saturated heterocycles. The first-order valence-electron chi connectivity index (χ1n) is 6.13. The van der Waals surface area contributed by atoms with Gasteiger partial charge in [-0.1, -0.05) is 6.92 Å². The smallest absolute Gasteiger partial charge is 0.326 e. The van der Waals surface area contributed by atoms with Gasteiger partial charge in [0.2, 0.25) is 0 Å². The molecule has 1 N–H and O–H groups in total. The molecule has 0 bridgehead atoms. The van der Waals surface area contributed by atoms with Crippen LogP contribution in [0, 0.1) is 23.0 Å². The predicted octanol–water partition coefficient (Wildman–Crippen LogP) is 2.36. The summed E-state index contributed by atoms with van der Waals surface area (Å²) in [6.07, 6.45) is 1.93. The fourth-order valence-corrected chi connectivity index (χ4v) is 3.03. The van der Waals surface area contributed by atoms with E-state index in [4.69, 9.17) is 0 Å². The molecule has 0 aliphatic carbocycles. The lowest BCUT2D eigenvalue weighted by atomic mass is 10.0. The van der Waals surface area contributed by atoms with Crippen molar-refractivity contribution in [2.24, 2.45) is 5.92 Å². The first kappa shape index (κ1) is 14.7. The van der Waals surface area contributed by atoms with Crippen molar-refractivity contribution in [3.8, 4) is 0 Å². The summed E-state index contributed by atoms with van der Waals surface area (Å²) in [6.45, 7) is 4.06. The van der Waals surface area contributed by atoms with Crippen LogP contribution in [0.4, 0.5) is 11.5 Å². The minimum atomic E-state index is -0.903. The molecule has 0 radical (unpaired) electrons. The zero-order valence-electron chi connectivity index (χ0n) is 11.0. The summed E-state index contributed by atoms with van der Waals surface area (Å²) in [4.78, 5) is 27.5. The van der Waals surface area contributed by atoms with E-state index < -0.39 is 16.9 Å². The van der Waals surface area contributed by atoms with E-state index in [-0.39, 0.29) is 11.6 Å². The quantitative estimate of drug-likeness (QED) is 0.668. The first-order chi connectivity index (χ1) is 9.34. The summed E-state index contributed by atoms with van der Waals surface area (Å²) in [5.41, 5.74) is 0.364. The van der Waals surface area contributed by atoms with Crippen molar-refractivity contribution in [1.82, 2.24) is 4.98 Å². The topological polar surface area (TPSA) is 96.6 Å². The molecule has 2 heterocycles. The molecule has 1 aliphatic rings. The van der Waals surface area contributed by atoms with Crippen molar-refractivity contribution in [3.63, 3.8) is 0 Å². The number of pyridine rings is 1. The Balaban J connectivity index is 2.46. The number of nitro groups is 1. The standard InChI is InChI=1S/C12H14BrN3O4/c1-6-3-4-15(10(6)12(17)18)11-9(13)7(2)8(5-14-11)16(19)20/h5-6,10H,3-4H2,1-2H3,(H,17,18). The molecule has 2 atom stereocenters. The zero-order chi connectivity index (χ0) is 15.0. The van der Waals surface area contributed by atoms with Gasteiger partial charge in [0.25, 0.3) is 5.69 Å². The van der Waals surface area contributed by atoms with Crippen LogP contribution in [0.2, 0.25) is 0 Å². The molecule has 0 saturated carbocycles. The highest BCUT2D eigenvalue weighted by Gasteiger charge is 2.38. The number of carboxylic acids is 1. The molecular formula is C12H14BrN3O4. The second kappa shape index (κ2) is 5.35. The van der Waals surface area contributed by atoms with Gasteiger partial charge in [0.05, 0.1) is 9.40 Å². The van der Waals surface area contributed by atoms with Gasteiger partial charge in [0.1, 0.15) is 18.1 Å². The van der Waals surface area contributed by atoms with Crippen molar-refractivity contribution in [2.75, 3.05) is 11.4 Å². The molecular weight excluding hydrogens is 330 g/mol. The van der Waals surface area contributed by atoms with Gasteiger partial charge in [-0.15, -0.1) is 0 Å². The summed E-state index contributed by atoms with van der Waals surface area (Å²) in [5, 5.41) is 20.2. The van der Waals surface area contributed by atoms with Crippen LogP contribution in [-0.2, 0) is 4.79 Å². The van der Waals surface area contributed by atoms with Crippen LogP contribution in [-0.4, -0.2) is 33.6 Å². The van der Waals surface area contributed by atoms with Crippen molar-refractivity contribution >= 4 is 33.4 Å². The van der Waals surface area contributed by atoms with E-state index in [1.54, 1.807) is 11.8 Å². The van der Waals surface area contributed by atoms with Gasteiger partial charge in [-0.25, -0.2) is 9.78 Å². The van der Waals surface area contributed by atoms with Crippen LogP contribution in [0.5, 0.6) is 0 Å². The van der Waals surface area contributed by atoms with Gasteiger partial charge in [0, 0.05) is 12.1 Å². The van der Waals surface area contributed by atoms with E-state index in [0.717, 1.165) is 6.42 Å². The lowest BCUT2D eigenvalue weighted by molar-refractivity contribution is -0.385. The Morgan fingerprint density at radius 3 is 2.85 bits per heavy atom. The normalized spacial score (nSPS) is 22.1. The Labute approximate surface area is 123 Å². The van der Waals surface area contributed by atoms with Crippen LogP contribution in [0.3, 0.4) is 0 Å². The van der Waals surface area contributed by atoms with Crippen LogP contribution in [0.1, 0.15) is 18.9 Å². The molecule has 20 heavy (non-hydrogen) atoms. The Morgan fingerprint density at radius 2 is 2.30 bits per heavy atom. The van der Waals surface area contributed by atoms with Gasteiger partial charge < -0.3 is 10.0 Å². The molecule has 1 fully saturated rings. The van der Waals surface area contributed by atoms with Gasteiger partial charge in [-0.05, 0) is 35.2 Å². The molecule has 2 rings (SSSR count). The first-order valence-corrected chi connectivity index (χ1v) is 6.92. The highest BCUT2D eigenvalue weighted by Crippen LogP contribution is 2.37. The highest BCUT2D eigenvalue weighted by atomic mass is 79.9. The average Bonchev–Trinajstić information content (AvgIpc) is 2.74. The maximum atomic E-state index is 11.4. The van der Waals surface area contributed by atoms with Gasteiger partial charge in [-0.2, -0.15) is 0 Å². The van der Waals surface area contributed by atoms with Crippen molar-refractivity contribution in [3.05, 3.63) is 26.3 Å². The van der Waals surface area contributed by atoms with Crippen LogP contribution in [0.25, 0.3) is 0 Å². The summed E-state index contributed by atoms with van der Waals surface area (Å²) >= 11 is 3.30. The molecule has 1 aromatic heterocycles. The molecule has 7 nitrogen and oxygen atoms in total. The van der Waals surface area contributed by atoms with Gasteiger partial charge >= 0.3 is 5.97 Å². The number of aromatic nitrogens is 1. The number of aliphatic carboxylic acids is 1. The number of hydrogen-bond donors (Lipinski definition) is 1. The average molecular weight is 344 g/mol. The molecule has 0 amide bonds. The summed E-state index contributed by atoms with van der Waals surface area (Å²) in [6, 6.07) is -0.653. The third-order valence-corrected chi connectivity index (χ3v) is 4.59. The number of carbonyl (C=O) groups is 1. The van der Waals surface area contributed by atoms with Crippen LogP contribution >= 0.6 is 15.9 Å². The SMILES string of the molecule is Cc1c([N+](=O)[O-])cnc(N2CCC(C)C2C(=O)O)c1Br. The fraction of sp³-hybridized carbons (Fsp3) is 0.500. The Morgan fingerprint density at radius 1 is 1.65 bits per heavy atom. The fourth-order valence-electron chi connectivity index (χ4n) is 2.50. The summed E-state index contributed by atoms with van der Waals surface area (Å²) < 4.78 is 0.479. The highest BCUT2D eigenvalue weighted by molar-refractivity contribution is 9.10. The Bertz CT molecular complexity index is 578. The van der Waals surface area contributed by atoms with E-state index in [2.05, 4.69) is 20.9 Å². The van der Waals surface area contributed by atoms with E-state index in [1.807, 2.05) is 6.92 Å². The van der Waals surface area contributed by atoms with Crippen molar-refractivity contribution < 1.29 is 14.8 Å². The van der Waals surface area contributed by atoms with Crippen LogP contribution in [0.15, 0.2) is 10.7 Å². The molecule has 1 aromatic rings. The lowest BCUT2D eigenvalue weighted by Crippen LogP contribution is -2.39. The second-order valence-electron chi connectivity index (χ2n) is 4.91. The van der Waals surface area contributed by atoms with E-state index >= 15 is 0 Å². The van der Waals surface area contributed by atoms with Crippen molar-refractivity contribution in [1.29, 1.82) is 0 Å². The number of rotatable bonds is 3. The van der Waals surface area contributed by atoms with E-state index in [9.17, 15) is 20.0 Å². The second-order valence-corrected chi connectivity index (χ2v) is 5.70. The number of hydrogen-bond acceptors (Lipinski definition) is 5. The van der Waals surface area contributed by atoms with E-state index in [1.165, 1.54) is 6.20 Å². The number of halogens is 1. The molecule has 0 spiro atoms. The number of anilines is 1. The largest absolute Gasteiger partial charge is 0.480 e. The molecule has 0 aromatic carbocycles. The van der Waals surface area contributed by atoms with E-state index in [0.29, 0.717) is 22.4 Å². The summed E-state index contributed by atoms with van der Waals surface area (Å²) in [7, 11) is 0. The minimum Gasteiger partial charge on any atom is -0.480 e. The molecule has 2 unspecified atom stereocenters. The van der Waals surface area contributed by atoms with Crippen LogP contribution < -0.4 is 4.90 Å². The monoisotopic (exact) mass is 343 g/mol. The third kappa shape index (κ3) is 2.35. The Kier molecular flexibility index (Phi) is 3.94. The Hall–Kier alpha value is -1.70.